The molecule has 0 aromatic carbocycles. The Morgan fingerprint density at radius 2 is 2.25 bits per heavy atom. The highest BCUT2D eigenvalue weighted by atomic mass is 16.3. The van der Waals surface area contributed by atoms with Crippen molar-refractivity contribution in [2.45, 2.75) is 26.4 Å². The van der Waals surface area contributed by atoms with Crippen molar-refractivity contribution >= 4 is 0 Å². The molecule has 0 fully saturated rings. The number of hydrogen-bond acceptors (Lipinski definition) is 3. The van der Waals surface area contributed by atoms with Crippen LogP contribution in [0, 0.1) is 6.92 Å². The highest BCUT2D eigenvalue weighted by Gasteiger charge is 2.09. The van der Waals surface area contributed by atoms with E-state index >= 15 is 0 Å². The normalized spacial score (nSPS) is 12.9. The van der Waals surface area contributed by atoms with E-state index in [0.29, 0.717) is 0 Å². The van der Waals surface area contributed by atoms with E-state index < -0.39 is 0 Å². The Morgan fingerprint density at radius 3 is 2.81 bits per heavy atom. The van der Waals surface area contributed by atoms with Gasteiger partial charge in [-0.15, -0.1) is 0 Å². The molecular formula is C12H17N3O. The Hall–Kier alpha value is -1.55. The smallest absolute Gasteiger partial charge is 0.120 e. The minimum Gasteiger partial charge on any atom is -0.465 e. The predicted octanol–water partition coefficient (Wildman–Crippen LogP) is 2.17. The van der Waals surface area contributed by atoms with E-state index in [9.17, 15) is 0 Å². The summed E-state index contributed by atoms with van der Waals surface area (Å²) in [6.45, 7) is 4.79. The van der Waals surface area contributed by atoms with Crippen LogP contribution in [0.4, 0.5) is 0 Å². The molecule has 0 aliphatic carbocycles. The molecule has 1 unspecified atom stereocenters. The molecule has 0 spiro atoms. The van der Waals surface area contributed by atoms with Crippen LogP contribution < -0.4 is 5.32 Å². The van der Waals surface area contributed by atoms with Crippen molar-refractivity contribution in [3.8, 4) is 0 Å². The molecule has 86 valence electrons. The Morgan fingerprint density at radius 1 is 1.44 bits per heavy atom. The Labute approximate surface area is 95.3 Å². The van der Waals surface area contributed by atoms with Crippen molar-refractivity contribution in [1.82, 2.24) is 15.1 Å². The number of nitrogens with one attached hydrogen (secondary N) is 1. The van der Waals surface area contributed by atoms with Crippen molar-refractivity contribution in [3.05, 3.63) is 41.6 Å². The van der Waals surface area contributed by atoms with Gasteiger partial charge in [-0.05, 0) is 32.0 Å². The quantitative estimate of drug-likeness (QED) is 0.857. The molecule has 0 bridgehead atoms. The summed E-state index contributed by atoms with van der Waals surface area (Å²) in [5.41, 5.74) is 1.04. The van der Waals surface area contributed by atoms with Gasteiger partial charge in [-0.1, -0.05) is 0 Å². The fourth-order valence-electron chi connectivity index (χ4n) is 1.60. The lowest BCUT2D eigenvalue weighted by Gasteiger charge is -2.09. The van der Waals surface area contributed by atoms with E-state index in [1.165, 1.54) is 0 Å². The second-order valence-corrected chi connectivity index (χ2v) is 4.03. The third-order valence-corrected chi connectivity index (χ3v) is 2.55. The Kier molecular flexibility index (Phi) is 3.10. The van der Waals surface area contributed by atoms with Crippen molar-refractivity contribution in [3.63, 3.8) is 0 Å². The molecular weight excluding hydrogens is 202 g/mol. The Balaban J connectivity index is 1.91. The van der Waals surface area contributed by atoms with Crippen LogP contribution in [-0.2, 0) is 13.6 Å². The summed E-state index contributed by atoms with van der Waals surface area (Å²) in [5, 5.41) is 7.68. The molecule has 0 aliphatic rings. The summed E-state index contributed by atoms with van der Waals surface area (Å²) >= 11 is 0. The number of aryl methyl sites for hydroxylation is 2. The van der Waals surface area contributed by atoms with Crippen LogP contribution in [0.2, 0.25) is 0 Å². The van der Waals surface area contributed by atoms with Crippen molar-refractivity contribution < 1.29 is 4.42 Å². The van der Waals surface area contributed by atoms with Gasteiger partial charge in [-0.2, -0.15) is 5.10 Å². The average molecular weight is 219 g/mol. The summed E-state index contributed by atoms with van der Waals surface area (Å²) < 4.78 is 7.36. The van der Waals surface area contributed by atoms with E-state index in [4.69, 9.17) is 4.42 Å². The highest BCUT2D eigenvalue weighted by molar-refractivity contribution is 5.09. The van der Waals surface area contributed by atoms with Gasteiger partial charge < -0.3 is 9.73 Å². The maximum absolute atomic E-state index is 5.55. The largest absolute Gasteiger partial charge is 0.465 e. The van der Waals surface area contributed by atoms with Gasteiger partial charge in [0.25, 0.3) is 0 Å². The fourth-order valence-corrected chi connectivity index (χ4v) is 1.60. The van der Waals surface area contributed by atoms with Crippen LogP contribution in [0.25, 0.3) is 0 Å². The van der Waals surface area contributed by atoms with E-state index in [1.54, 1.807) is 4.68 Å². The molecule has 0 saturated heterocycles. The lowest BCUT2D eigenvalue weighted by molar-refractivity contribution is 0.414. The standard InChI is InChI=1S/C12H17N3O/c1-9-4-5-12(16-9)10(2)13-8-11-6-7-15(3)14-11/h4-7,10,13H,8H2,1-3H3. The molecule has 0 saturated carbocycles. The van der Waals surface area contributed by atoms with Gasteiger partial charge >= 0.3 is 0 Å². The molecule has 1 N–H and O–H groups in total. The van der Waals surface area contributed by atoms with Gasteiger partial charge in [0.05, 0.1) is 11.7 Å². The van der Waals surface area contributed by atoms with Crippen LogP contribution in [0.1, 0.15) is 30.2 Å². The molecule has 4 nitrogen and oxygen atoms in total. The van der Waals surface area contributed by atoms with Crippen LogP contribution in [0.5, 0.6) is 0 Å². The molecule has 2 aromatic rings. The first-order valence-electron chi connectivity index (χ1n) is 5.43. The van der Waals surface area contributed by atoms with Crippen molar-refractivity contribution in [1.29, 1.82) is 0 Å². The minimum atomic E-state index is 0.204. The lowest BCUT2D eigenvalue weighted by Crippen LogP contribution is -2.18. The summed E-state index contributed by atoms with van der Waals surface area (Å²) in [7, 11) is 1.92. The highest BCUT2D eigenvalue weighted by Crippen LogP contribution is 2.15. The molecule has 2 rings (SSSR count). The number of aromatic nitrogens is 2. The van der Waals surface area contributed by atoms with Gasteiger partial charge in [0.2, 0.25) is 0 Å². The maximum atomic E-state index is 5.55. The predicted molar refractivity (Wildman–Crippen MR) is 61.9 cm³/mol. The zero-order valence-corrected chi connectivity index (χ0v) is 9.90. The lowest BCUT2D eigenvalue weighted by atomic mass is 10.2. The van der Waals surface area contributed by atoms with Crippen molar-refractivity contribution in [2.24, 2.45) is 7.05 Å². The topological polar surface area (TPSA) is 43.0 Å². The number of nitrogens with zero attached hydrogens (tertiary/aromatic N) is 2. The third kappa shape index (κ3) is 2.52. The SMILES string of the molecule is Cc1ccc(C(C)NCc2ccn(C)n2)o1. The summed E-state index contributed by atoms with van der Waals surface area (Å²) in [6.07, 6.45) is 1.94. The van der Waals surface area contributed by atoms with Crippen LogP contribution >= 0.6 is 0 Å². The van der Waals surface area contributed by atoms with Crippen LogP contribution in [0.3, 0.4) is 0 Å². The van der Waals surface area contributed by atoms with E-state index in [2.05, 4.69) is 17.3 Å². The van der Waals surface area contributed by atoms with E-state index in [0.717, 1.165) is 23.8 Å². The van der Waals surface area contributed by atoms with Gasteiger partial charge in [-0.25, -0.2) is 0 Å². The van der Waals surface area contributed by atoms with Crippen LogP contribution in [0.15, 0.2) is 28.8 Å². The maximum Gasteiger partial charge on any atom is 0.120 e. The first-order chi connectivity index (χ1) is 7.65. The molecule has 2 heterocycles. The summed E-state index contributed by atoms with van der Waals surface area (Å²) in [5.74, 6) is 1.91. The number of furan rings is 1. The van der Waals surface area contributed by atoms with E-state index in [1.807, 2.05) is 38.4 Å². The first-order valence-corrected chi connectivity index (χ1v) is 5.43. The second kappa shape index (κ2) is 4.53. The Bertz CT molecular complexity index is 458. The summed E-state index contributed by atoms with van der Waals surface area (Å²) in [6, 6.07) is 6.20. The second-order valence-electron chi connectivity index (χ2n) is 4.03. The molecule has 16 heavy (non-hydrogen) atoms. The minimum absolute atomic E-state index is 0.204. The number of hydrogen-bond donors (Lipinski definition) is 1. The van der Waals surface area contributed by atoms with Gasteiger partial charge in [0.15, 0.2) is 0 Å². The molecule has 0 radical (unpaired) electrons. The monoisotopic (exact) mass is 219 g/mol. The third-order valence-electron chi connectivity index (χ3n) is 2.55. The summed E-state index contributed by atoms with van der Waals surface area (Å²) in [4.78, 5) is 0. The van der Waals surface area contributed by atoms with Gasteiger partial charge in [-0.3, -0.25) is 4.68 Å². The van der Waals surface area contributed by atoms with Gasteiger partial charge in [0, 0.05) is 19.8 Å². The molecule has 1 atom stereocenters. The van der Waals surface area contributed by atoms with Crippen LogP contribution in [-0.4, -0.2) is 9.78 Å². The number of rotatable bonds is 4. The van der Waals surface area contributed by atoms with E-state index in [-0.39, 0.29) is 6.04 Å². The van der Waals surface area contributed by atoms with Gasteiger partial charge in [0.1, 0.15) is 11.5 Å². The first kappa shape index (κ1) is 11.0. The molecule has 4 heteroatoms. The zero-order chi connectivity index (χ0) is 11.5. The molecule has 0 amide bonds. The average Bonchev–Trinajstić information content (AvgIpc) is 2.84. The fraction of sp³-hybridized carbons (Fsp3) is 0.417. The van der Waals surface area contributed by atoms with Crippen molar-refractivity contribution in [2.75, 3.05) is 0 Å². The molecule has 0 aliphatic heterocycles. The zero-order valence-electron chi connectivity index (χ0n) is 9.90. The molecule has 2 aromatic heterocycles.